The first-order valence-corrected chi connectivity index (χ1v) is 30.5. The molecule has 0 saturated carbocycles. The number of para-hydroxylation sites is 4. The number of ether oxygens (including phenoxy) is 1. The minimum atomic E-state index is 0.440. The zero-order chi connectivity index (χ0) is 55.9. The van der Waals surface area contributed by atoms with Gasteiger partial charge in [-0.1, -0.05) is 134 Å². The molecule has 0 bridgehead atoms. The van der Waals surface area contributed by atoms with Gasteiger partial charge in [-0.3, -0.25) is 0 Å². The molecule has 17 aromatic rings. The largest absolute Gasteiger partial charge is 0.489 e. The van der Waals surface area contributed by atoms with Crippen molar-refractivity contribution in [2.75, 3.05) is 6.61 Å². The lowest BCUT2D eigenvalue weighted by molar-refractivity contribution is 0.362. The van der Waals surface area contributed by atoms with Crippen molar-refractivity contribution >= 4 is 140 Å². The number of benzene rings is 12. The second-order valence-corrected chi connectivity index (χ2v) is 24.5. The van der Waals surface area contributed by atoms with Gasteiger partial charge in [0.15, 0.2) is 0 Å². The molecule has 85 heavy (non-hydrogen) atoms. The van der Waals surface area contributed by atoms with Gasteiger partial charge in [0.2, 0.25) is 0 Å². The highest BCUT2D eigenvalue weighted by Crippen LogP contribution is 2.44. The molecule has 0 saturated heterocycles. The van der Waals surface area contributed by atoms with Crippen LogP contribution in [-0.4, -0.2) is 15.7 Å². The van der Waals surface area contributed by atoms with Gasteiger partial charge in [-0.15, -0.1) is 22.7 Å². The molecular weight excluding hydrogens is 1070 g/mol. The molecule has 0 N–H and O–H groups in total. The molecule has 18 rings (SSSR count). The average Bonchev–Trinajstić information content (AvgIpc) is 2.98. The van der Waals surface area contributed by atoms with Crippen molar-refractivity contribution in [3.05, 3.63) is 279 Å². The molecule has 0 aliphatic carbocycles. The van der Waals surface area contributed by atoms with Crippen molar-refractivity contribution in [3.8, 4) is 55.9 Å². The maximum atomic E-state index is 6.51. The van der Waals surface area contributed by atoms with Gasteiger partial charge in [0.1, 0.15) is 23.5 Å². The van der Waals surface area contributed by atoms with Gasteiger partial charge in [0.25, 0.3) is 0 Å². The highest BCUT2D eigenvalue weighted by molar-refractivity contribution is 7.26. The fraction of sp³-hybridized carbons (Fsp3) is 0.0127. The molecule has 0 spiro atoms. The molecular formula is C79H48N2O2S2. The molecule has 4 nitrogen and oxygen atoms in total. The molecule has 12 aromatic carbocycles. The van der Waals surface area contributed by atoms with Crippen molar-refractivity contribution in [1.82, 2.24) is 9.13 Å². The molecule has 6 heteroatoms. The molecule has 0 radical (unpaired) electrons. The third-order valence-electron chi connectivity index (χ3n) is 17.5. The average molecular weight is 1120 g/mol. The normalized spacial score (nSPS) is 14.0. The Hall–Kier alpha value is -10.5. The van der Waals surface area contributed by atoms with Crippen LogP contribution in [0, 0.1) is 0 Å². The number of hydrogen-bond acceptors (Lipinski definition) is 4. The van der Waals surface area contributed by atoms with Crippen molar-refractivity contribution in [3.63, 3.8) is 0 Å². The second kappa shape index (κ2) is 18.8. The van der Waals surface area contributed by atoms with Gasteiger partial charge < -0.3 is 18.3 Å². The number of fused-ring (bicyclic) bond motifs is 16. The number of aromatic nitrogens is 2. The molecule has 6 heterocycles. The third kappa shape index (κ3) is 7.66. The van der Waals surface area contributed by atoms with E-state index in [1.807, 2.05) is 22.7 Å². The maximum Gasteiger partial charge on any atom is 0.135 e. The summed E-state index contributed by atoms with van der Waals surface area (Å²) in [5.74, 6) is 0.807. The van der Waals surface area contributed by atoms with Crippen LogP contribution in [0.2, 0.25) is 0 Å². The van der Waals surface area contributed by atoms with E-state index in [-0.39, 0.29) is 0 Å². The Kier molecular flexibility index (Phi) is 10.6. The Balaban J connectivity index is 0.662. The fourth-order valence-corrected chi connectivity index (χ4v) is 15.6. The Morgan fingerprint density at radius 3 is 1.27 bits per heavy atom. The quantitative estimate of drug-likeness (QED) is 0.166. The summed E-state index contributed by atoms with van der Waals surface area (Å²) in [4.78, 5) is 0. The van der Waals surface area contributed by atoms with Gasteiger partial charge in [-0.05, 0) is 190 Å². The molecule has 0 fully saturated rings. The molecule has 1 aliphatic rings. The van der Waals surface area contributed by atoms with Gasteiger partial charge in [-0.25, -0.2) is 0 Å². The van der Waals surface area contributed by atoms with Crippen molar-refractivity contribution in [2.24, 2.45) is 0 Å². The summed E-state index contributed by atoms with van der Waals surface area (Å²) in [6.45, 7) is 5.09. The fourth-order valence-electron chi connectivity index (χ4n) is 13.5. The van der Waals surface area contributed by atoms with E-state index >= 15 is 0 Å². The van der Waals surface area contributed by atoms with Crippen LogP contribution in [-0.2, 0) is 0 Å². The molecule has 0 amide bonds. The van der Waals surface area contributed by atoms with Gasteiger partial charge in [-0.2, -0.15) is 0 Å². The minimum Gasteiger partial charge on any atom is -0.489 e. The first kappa shape index (κ1) is 48.1. The molecule has 0 atom stereocenters. The smallest absolute Gasteiger partial charge is 0.135 e. The van der Waals surface area contributed by atoms with Crippen LogP contribution in [0.3, 0.4) is 0 Å². The first-order valence-electron chi connectivity index (χ1n) is 28.8. The number of allylic oxidation sites excluding steroid dienone is 4. The number of rotatable bonds is 6. The van der Waals surface area contributed by atoms with E-state index in [0.717, 1.165) is 77.8 Å². The predicted octanol–water partition coefficient (Wildman–Crippen LogP) is 22.7. The Bertz CT molecular complexity index is 5670. The summed E-state index contributed by atoms with van der Waals surface area (Å²) in [6, 6.07) is 91.2. The van der Waals surface area contributed by atoms with Crippen LogP contribution < -0.4 is 4.74 Å². The maximum absolute atomic E-state index is 6.51. The zero-order valence-corrected chi connectivity index (χ0v) is 47.5. The molecule has 0 unspecified atom stereocenters. The summed E-state index contributed by atoms with van der Waals surface area (Å²) in [5, 5.41) is 12.3. The number of thiophene rings is 2. The van der Waals surface area contributed by atoms with Gasteiger partial charge in [0, 0.05) is 89.6 Å². The zero-order valence-electron chi connectivity index (χ0n) is 45.8. The summed E-state index contributed by atoms with van der Waals surface area (Å²) in [7, 11) is 0. The highest BCUT2D eigenvalue weighted by Gasteiger charge is 2.19. The van der Waals surface area contributed by atoms with Crippen LogP contribution >= 0.6 is 22.7 Å². The van der Waals surface area contributed by atoms with Crippen LogP contribution in [0.5, 0.6) is 5.75 Å². The topological polar surface area (TPSA) is 32.2 Å². The summed E-state index contributed by atoms with van der Waals surface area (Å²) < 4.78 is 22.8. The van der Waals surface area contributed by atoms with E-state index in [0.29, 0.717) is 6.61 Å². The summed E-state index contributed by atoms with van der Waals surface area (Å²) in [6.07, 6.45) is 6.42. The molecule has 398 valence electrons. The van der Waals surface area contributed by atoms with Crippen LogP contribution in [0.25, 0.3) is 167 Å². The molecule has 5 aromatic heterocycles. The van der Waals surface area contributed by atoms with E-state index in [2.05, 4.69) is 283 Å². The third-order valence-corrected chi connectivity index (χ3v) is 19.8. The highest BCUT2D eigenvalue weighted by atomic mass is 32.1. The number of nitrogens with zero attached hydrogens (tertiary/aromatic N) is 2. The standard InChI is InChI=1S/C79H48N2O2S2/c1-47-38-56(80-69-19-6-2-15-58(69)59-16-3-7-20-70(59)80)14-11-37-82-73-30-23-50(40-62(47)73)52-25-32-75-64(42-52)63-41-51(24-31-74(63)83-75)48-12-10-13-49(39-48)53-26-33-76-65(43-53)66-44-54(27-34-77(66)84-76)55-28-35-78-67(45-55)68-46-57(29-36-79(68)85-78)81-71-21-8-4-17-60(71)61-18-5-9-22-72(61)81/h2-36,38-46H,1,37H2/b14-11-,56-38+. The van der Waals surface area contributed by atoms with E-state index in [4.69, 9.17) is 9.15 Å². The van der Waals surface area contributed by atoms with Gasteiger partial charge in [0.05, 0.1) is 22.1 Å². The lowest BCUT2D eigenvalue weighted by atomic mass is 9.95. The Morgan fingerprint density at radius 2 is 0.753 bits per heavy atom. The summed E-state index contributed by atoms with van der Waals surface area (Å²) in [5.41, 5.74) is 19.8. The van der Waals surface area contributed by atoms with E-state index < -0.39 is 0 Å². The minimum absolute atomic E-state index is 0.440. The first-order chi connectivity index (χ1) is 42.0. The number of furan rings is 1. The predicted molar refractivity (Wildman–Crippen MR) is 363 cm³/mol. The lowest BCUT2D eigenvalue weighted by Gasteiger charge is -2.13. The van der Waals surface area contributed by atoms with Crippen LogP contribution in [0.1, 0.15) is 5.56 Å². The van der Waals surface area contributed by atoms with E-state index in [9.17, 15) is 0 Å². The Morgan fingerprint density at radius 1 is 0.341 bits per heavy atom. The number of hydrogen-bond donors (Lipinski definition) is 0. The van der Waals surface area contributed by atoms with Crippen LogP contribution in [0.15, 0.2) is 278 Å². The monoisotopic (exact) mass is 1120 g/mol. The van der Waals surface area contributed by atoms with E-state index in [1.165, 1.54) is 101 Å². The van der Waals surface area contributed by atoms with Crippen molar-refractivity contribution in [2.45, 2.75) is 0 Å². The second-order valence-electron chi connectivity index (χ2n) is 22.4. The van der Waals surface area contributed by atoms with Gasteiger partial charge >= 0.3 is 0 Å². The lowest BCUT2D eigenvalue weighted by Crippen LogP contribution is -1.96. The van der Waals surface area contributed by atoms with Crippen molar-refractivity contribution < 1.29 is 9.15 Å². The molecule has 1 aliphatic heterocycles. The SMILES string of the molecule is C=C1/C=C(n2c3ccccc3c3ccccc32)\C=C/COc2ccc(-c3ccc4oc5ccc(-c6cccc(-c7ccc8sc9ccc(-c%10ccc%11sc%12ccc(-n%13c%14ccccc%14c%14ccccc%14%13)cc%12c%11c%10)cc9c8c7)c6)cc5c4c3)cc21. The summed E-state index contributed by atoms with van der Waals surface area (Å²) >= 11 is 3.73. The van der Waals surface area contributed by atoms with Crippen LogP contribution in [0.4, 0.5) is 0 Å². The van der Waals surface area contributed by atoms with E-state index in [1.54, 1.807) is 0 Å². The van der Waals surface area contributed by atoms with Crippen molar-refractivity contribution in [1.29, 1.82) is 0 Å². The Labute approximate surface area is 496 Å².